The number of allylic oxidation sites excluding steroid dienone is 1. The second kappa shape index (κ2) is 9.02. The predicted molar refractivity (Wildman–Crippen MR) is 137 cm³/mol. The summed E-state index contributed by atoms with van der Waals surface area (Å²) in [5.74, 6) is -3.52. The minimum Gasteiger partial charge on any atom is -0.456 e. The molecule has 0 aromatic carbocycles. The molecule has 0 amide bonds. The van der Waals surface area contributed by atoms with Crippen molar-refractivity contribution < 1.29 is 34.1 Å². The first kappa shape index (κ1) is 28.0. The van der Waals surface area contributed by atoms with Gasteiger partial charge in [0.25, 0.3) is 0 Å². The van der Waals surface area contributed by atoms with Crippen LogP contribution in [-0.2, 0) is 23.9 Å². The second-order valence-corrected chi connectivity index (χ2v) is 12.8. The van der Waals surface area contributed by atoms with Crippen LogP contribution in [0, 0.1) is 40.9 Å². The SMILES string of the molecule is CC(=O)O[C@@]12[C@H](OC(=O)[C@@H](C(C)C)N(C)C)[C@@H](C)[C@]3(O)[C@@H]4C=C(C)C(=O)[C@@H]4CC(CO)=C[C@H]3[C@@H]1C2(C)C. The van der Waals surface area contributed by atoms with Crippen molar-refractivity contribution in [1.29, 1.82) is 0 Å². The molecule has 0 aliphatic heterocycles. The number of carbonyl (C=O) groups excluding carboxylic acids is 3. The molecule has 0 bridgehead atoms. The lowest BCUT2D eigenvalue weighted by atomic mass is 9.59. The molecule has 0 radical (unpaired) electrons. The Balaban J connectivity index is 1.89. The van der Waals surface area contributed by atoms with E-state index in [2.05, 4.69) is 0 Å². The van der Waals surface area contributed by atoms with Gasteiger partial charge in [-0.25, -0.2) is 0 Å². The summed E-state index contributed by atoms with van der Waals surface area (Å²) >= 11 is 0. The van der Waals surface area contributed by atoms with Gasteiger partial charge in [-0.1, -0.05) is 46.8 Å². The van der Waals surface area contributed by atoms with E-state index >= 15 is 0 Å². The number of likely N-dealkylation sites (N-methyl/N-ethyl adjacent to an activating group) is 1. The lowest BCUT2D eigenvalue weighted by Gasteiger charge is -2.52. The molecule has 0 aromatic heterocycles. The Morgan fingerprint density at radius 1 is 1.19 bits per heavy atom. The van der Waals surface area contributed by atoms with E-state index in [0.717, 1.165) is 0 Å². The first-order valence-corrected chi connectivity index (χ1v) is 13.4. The molecule has 206 valence electrons. The highest BCUT2D eigenvalue weighted by atomic mass is 16.6. The van der Waals surface area contributed by atoms with Crippen LogP contribution in [0.1, 0.15) is 54.9 Å². The number of nitrogens with zero attached hydrogens (tertiary/aromatic N) is 1. The quantitative estimate of drug-likeness (QED) is 0.408. The molecule has 0 spiro atoms. The summed E-state index contributed by atoms with van der Waals surface area (Å²) in [6.07, 6.45) is 3.19. The minimum atomic E-state index is -1.45. The highest BCUT2D eigenvalue weighted by molar-refractivity contribution is 6.00. The number of aliphatic hydroxyl groups excluding tert-OH is 1. The lowest BCUT2D eigenvalue weighted by molar-refractivity contribution is -0.222. The van der Waals surface area contributed by atoms with E-state index in [4.69, 9.17) is 9.47 Å². The molecule has 0 unspecified atom stereocenters. The van der Waals surface area contributed by atoms with E-state index in [9.17, 15) is 24.6 Å². The van der Waals surface area contributed by atoms with Crippen molar-refractivity contribution in [2.45, 2.75) is 78.2 Å². The van der Waals surface area contributed by atoms with Gasteiger partial charge in [-0.15, -0.1) is 0 Å². The van der Waals surface area contributed by atoms with Crippen LogP contribution in [0.3, 0.4) is 0 Å². The van der Waals surface area contributed by atoms with Gasteiger partial charge in [0.2, 0.25) is 0 Å². The Morgan fingerprint density at radius 3 is 2.32 bits per heavy atom. The van der Waals surface area contributed by atoms with E-state index in [1.807, 2.05) is 65.8 Å². The number of hydrogen-bond donors (Lipinski definition) is 2. The van der Waals surface area contributed by atoms with E-state index in [-0.39, 0.29) is 24.2 Å². The van der Waals surface area contributed by atoms with Crippen LogP contribution in [0.2, 0.25) is 0 Å². The number of hydrogen-bond acceptors (Lipinski definition) is 8. The van der Waals surface area contributed by atoms with Crippen LogP contribution in [-0.4, -0.2) is 76.9 Å². The van der Waals surface area contributed by atoms with Crippen molar-refractivity contribution in [2.75, 3.05) is 20.7 Å². The fourth-order valence-electron chi connectivity index (χ4n) is 8.27. The summed E-state index contributed by atoms with van der Waals surface area (Å²) in [6.45, 7) is 12.6. The third kappa shape index (κ3) is 3.77. The highest BCUT2D eigenvalue weighted by Gasteiger charge is 2.87. The average molecular weight is 518 g/mol. The Hall–Kier alpha value is -2.03. The molecule has 4 aliphatic carbocycles. The first-order chi connectivity index (χ1) is 17.1. The largest absolute Gasteiger partial charge is 0.456 e. The summed E-state index contributed by atoms with van der Waals surface area (Å²) in [4.78, 5) is 41.0. The Morgan fingerprint density at radius 2 is 1.81 bits per heavy atom. The molecule has 37 heavy (non-hydrogen) atoms. The zero-order valence-corrected chi connectivity index (χ0v) is 23.6. The summed E-state index contributed by atoms with van der Waals surface area (Å²) in [5.41, 5.74) is -1.93. The number of fused-ring (bicyclic) bond motifs is 5. The van der Waals surface area contributed by atoms with Crippen LogP contribution in [0.5, 0.6) is 0 Å². The molecule has 8 heteroatoms. The molecule has 2 N–H and O–H groups in total. The van der Waals surface area contributed by atoms with Crippen molar-refractivity contribution in [1.82, 2.24) is 4.90 Å². The fourth-order valence-corrected chi connectivity index (χ4v) is 8.27. The molecule has 0 aromatic rings. The predicted octanol–water partition coefficient (Wildman–Crippen LogP) is 2.52. The molecular weight excluding hydrogens is 474 g/mol. The third-order valence-corrected chi connectivity index (χ3v) is 9.87. The molecule has 2 saturated carbocycles. The normalized spacial score (nSPS) is 40.6. The van der Waals surface area contributed by atoms with Gasteiger partial charge in [-0.2, -0.15) is 0 Å². The second-order valence-electron chi connectivity index (χ2n) is 12.8. The molecule has 8 nitrogen and oxygen atoms in total. The minimum absolute atomic E-state index is 0.0275. The number of ketones is 1. The summed E-state index contributed by atoms with van der Waals surface area (Å²) in [6, 6.07) is -0.521. The fraction of sp³-hybridized carbons (Fsp3) is 0.759. The van der Waals surface area contributed by atoms with Gasteiger partial charge >= 0.3 is 11.9 Å². The van der Waals surface area contributed by atoms with Crippen molar-refractivity contribution >= 4 is 17.7 Å². The summed E-state index contributed by atoms with van der Waals surface area (Å²) in [5, 5.41) is 22.9. The number of aliphatic hydroxyl groups is 2. The van der Waals surface area contributed by atoms with Crippen LogP contribution in [0.25, 0.3) is 0 Å². The van der Waals surface area contributed by atoms with E-state index < -0.39 is 64.4 Å². The maximum absolute atomic E-state index is 13.6. The smallest absolute Gasteiger partial charge is 0.324 e. The van der Waals surface area contributed by atoms with Crippen LogP contribution in [0.15, 0.2) is 23.3 Å². The zero-order chi connectivity index (χ0) is 27.8. The molecule has 0 heterocycles. The third-order valence-electron chi connectivity index (χ3n) is 9.87. The van der Waals surface area contributed by atoms with Gasteiger partial charge in [0.05, 0.1) is 12.2 Å². The van der Waals surface area contributed by atoms with Crippen LogP contribution in [0.4, 0.5) is 0 Å². The van der Waals surface area contributed by atoms with Crippen LogP contribution >= 0.6 is 0 Å². The van der Waals surface area contributed by atoms with Crippen LogP contribution < -0.4 is 0 Å². The molecule has 9 atom stereocenters. The van der Waals surface area contributed by atoms with Crippen molar-refractivity contribution in [3.8, 4) is 0 Å². The van der Waals surface area contributed by atoms with Gasteiger partial charge in [-0.05, 0) is 44.5 Å². The van der Waals surface area contributed by atoms with Gasteiger partial charge < -0.3 is 19.7 Å². The number of rotatable bonds is 6. The van der Waals surface area contributed by atoms with E-state index in [1.54, 1.807) is 6.92 Å². The number of ether oxygens (including phenoxy) is 2. The maximum atomic E-state index is 13.6. The molecule has 4 aliphatic rings. The summed E-state index contributed by atoms with van der Waals surface area (Å²) < 4.78 is 12.4. The monoisotopic (exact) mass is 517 g/mol. The van der Waals surface area contributed by atoms with Gasteiger partial charge in [-0.3, -0.25) is 19.3 Å². The summed E-state index contributed by atoms with van der Waals surface area (Å²) in [7, 11) is 3.64. The molecular formula is C29H43NO7. The van der Waals surface area contributed by atoms with Crippen molar-refractivity contribution in [3.63, 3.8) is 0 Å². The maximum Gasteiger partial charge on any atom is 0.324 e. The molecule has 4 rings (SSSR count). The Kier molecular flexibility index (Phi) is 6.83. The van der Waals surface area contributed by atoms with Gasteiger partial charge in [0, 0.05) is 41.9 Å². The number of carbonyl (C=O) groups is 3. The number of esters is 2. The van der Waals surface area contributed by atoms with Crippen molar-refractivity contribution in [2.24, 2.45) is 40.9 Å². The number of Topliss-reactive ketones (excluding diaryl/α,β-unsaturated/α-hetero) is 1. The lowest BCUT2D eigenvalue weighted by Crippen LogP contribution is -2.64. The highest BCUT2D eigenvalue weighted by Crippen LogP contribution is 2.77. The van der Waals surface area contributed by atoms with E-state index in [1.165, 1.54) is 6.92 Å². The topological polar surface area (TPSA) is 113 Å². The molecule has 2 fully saturated rings. The van der Waals surface area contributed by atoms with Crippen molar-refractivity contribution in [3.05, 3.63) is 23.3 Å². The zero-order valence-electron chi connectivity index (χ0n) is 23.6. The van der Waals surface area contributed by atoms with Gasteiger partial charge in [0.15, 0.2) is 11.4 Å². The average Bonchev–Trinajstić information content (AvgIpc) is 3.17. The first-order valence-electron chi connectivity index (χ1n) is 13.4. The standard InChI is InChI=1S/C29H43NO7/c1-14(2)22(30(8)9)26(34)36-25-16(4)28(35)20-10-15(3)23(33)19(20)11-18(13-31)12-21(28)24-27(6,7)29(24,25)37-17(5)32/h10,12,14,16,19-22,24-25,31,35H,11,13H2,1-9H3/t16-,19-,20-,21+,22-,24-,25-,28+,29-/m1/s1. The Labute approximate surface area is 220 Å². The van der Waals surface area contributed by atoms with Gasteiger partial charge in [0.1, 0.15) is 12.1 Å². The van der Waals surface area contributed by atoms with E-state index in [0.29, 0.717) is 17.6 Å². The Bertz CT molecular complexity index is 1050. The molecule has 0 saturated heterocycles.